The van der Waals surface area contributed by atoms with E-state index in [9.17, 15) is 4.79 Å². The molecule has 38 heavy (non-hydrogen) atoms. The number of carbonyl (C=O) groups is 1. The number of benzene rings is 3. The van der Waals surface area contributed by atoms with E-state index < -0.39 is 5.54 Å². The third-order valence-electron chi connectivity index (χ3n) is 7.00. The van der Waals surface area contributed by atoms with E-state index in [0.717, 1.165) is 36.1 Å². The molecule has 4 aromatic rings. The predicted octanol–water partition coefficient (Wildman–Crippen LogP) is 5.58. The Morgan fingerprint density at radius 1 is 1.08 bits per heavy atom. The highest BCUT2D eigenvalue weighted by Crippen LogP contribution is 2.33. The lowest BCUT2D eigenvalue weighted by atomic mass is 9.94. The fraction of sp³-hybridized carbons (Fsp3) is 0.258. The minimum Gasteiger partial charge on any atom is -0.419 e. The summed E-state index contributed by atoms with van der Waals surface area (Å²) in [5.74, 6) is 0.610. The second kappa shape index (κ2) is 10.6. The van der Waals surface area contributed by atoms with Gasteiger partial charge >= 0.3 is 0 Å². The van der Waals surface area contributed by atoms with Crippen molar-refractivity contribution in [1.82, 2.24) is 15.1 Å². The molecule has 0 unspecified atom stereocenters. The number of nitrogen functional groups attached to an aromatic ring is 1. The van der Waals surface area contributed by atoms with Crippen molar-refractivity contribution in [2.75, 3.05) is 12.3 Å². The van der Waals surface area contributed by atoms with Crippen LogP contribution in [0.15, 0.2) is 89.4 Å². The summed E-state index contributed by atoms with van der Waals surface area (Å²) in [6.07, 6.45) is 6.56. The summed E-state index contributed by atoms with van der Waals surface area (Å²) in [7, 11) is 0. The highest BCUT2D eigenvalue weighted by molar-refractivity contribution is 5.98. The van der Waals surface area contributed by atoms with Crippen LogP contribution in [-0.2, 0) is 12.0 Å². The molecule has 7 nitrogen and oxygen atoms in total. The number of nitrogens with zero attached hydrogens (tertiary/aromatic N) is 3. The summed E-state index contributed by atoms with van der Waals surface area (Å²) in [4.78, 5) is 15.6. The van der Waals surface area contributed by atoms with Gasteiger partial charge in [-0.1, -0.05) is 60.7 Å². The zero-order valence-electron chi connectivity index (χ0n) is 21.8. The molecule has 5 rings (SSSR count). The lowest BCUT2D eigenvalue weighted by Crippen LogP contribution is -2.35. The number of amides is 1. The van der Waals surface area contributed by atoms with Crippen LogP contribution in [0.25, 0.3) is 22.6 Å². The molecule has 1 amide bonds. The molecular formula is C31H33N5O2. The standard InChI is InChI=1S/C31H33N5O2/c1-3-10-25-13-9-16-36(25)29(37)24-18-22(26-14-7-8-15-27(26)32)17-23(19-24)28-34-35-30(38-28)31(2,33)20-21-11-5-4-6-12-21/h3-8,10-12,14-15,17-19,25H,9,13,16,20,32-33H2,1-2H3/b10-3-/t25-,31+/m0/s1. The van der Waals surface area contributed by atoms with Crippen LogP contribution in [0.1, 0.15) is 48.5 Å². The Labute approximate surface area is 223 Å². The number of carbonyl (C=O) groups excluding carboxylic acids is 1. The van der Waals surface area contributed by atoms with E-state index >= 15 is 0 Å². The van der Waals surface area contributed by atoms with E-state index in [2.05, 4.69) is 16.3 Å². The second-order valence-corrected chi connectivity index (χ2v) is 10.1. The van der Waals surface area contributed by atoms with E-state index in [1.165, 1.54) is 0 Å². The summed E-state index contributed by atoms with van der Waals surface area (Å²) in [6, 6.07) is 23.3. The quantitative estimate of drug-likeness (QED) is 0.249. The molecule has 7 heteroatoms. The van der Waals surface area contributed by atoms with Gasteiger partial charge in [-0.25, -0.2) is 0 Å². The first kappa shape index (κ1) is 25.4. The maximum atomic E-state index is 13.7. The minimum atomic E-state index is -0.859. The van der Waals surface area contributed by atoms with Crippen molar-refractivity contribution in [2.45, 2.75) is 44.7 Å². The first-order valence-corrected chi connectivity index (χ1v) is 13.0. The molecule has 0 saturated carbocycles. The summed E-state index contributed by atoms with van der Waals surface area (Å²) in [6.45, 7) is 4.58. The molecule has 1 aromatic heterocycles. The first-order chi connectivity index (χ1) is 18.4. The Morgan fingerprint density at radius 3 is 2.58 bits per heavy atom. The highest BCUT2D eigenvalue weighted by atomic mass is 16.4. The Kier molecular flexibility index (Phi) is 7.11. The predicted molar refractivity (Wildman–Crippen MR) is 150 cm³/mol. The van der Waals surface area contributed by atoms with Gasteiger partial charge in [-0.15, -0.1) is 10.2 Å². The third-order valence-corrected chi connectivity index (χ3v) is 7.00. The minimum absolute atomic E-state index is 0.0318. The maximum Gasteiger partial charge on any atom is 0.254 e. The van der Waals surface area contributed by atoms with Crippen molar-refractivity contribution in [1.29, 1.82) is 0 Å². The topological polar surface area (TPSA) is 111 Å². The molecule has 0 aliphatic carbocycles. The van der Waals surface area contributed by atoms with Gasteiger partial charge in [0.2, 0.25) is 11.8 Å². The van der Waals surface area contributed by atoms with Gasteiger partial charge in [-0.05, 0) is 68.5 Å². The van der Waals surface area contributed by atoms with Crippen LogP contribution in [0, 0.1) is 0 Å². The van der Waals surface area contributed by atoms with E-state index in [1.54, 1.807) is 0 Å². The van der Waals surface area contributed by atoms with Crippen LogP contribution in [0.5, 0.6) is 0 Å². The van der Waals surface area contributed by atoms with E-state index in [4.69, 9.17) is 15.9 Å². The van der Waals surface area contributed by atoms with Crippen molar-refractivity contribution in [3.63, 3.8) is 0 Å². The number of likely N-dealkylation sites (tertiary alicyclic amines) is 1. The molecule has 194 valence electrons. The number of rotatable bonds is 7. The van der Waals surface area contributed by atoms with Crippen LogP contribution < -0.4 is 11.5 Å². The van der Waals surface area contributed by atoms with E-state index in [1.807, 2.05) is 97.6 Å². The number of hydrogen-bond donors (Lipinski definition) is 2. The molecule has 1 aliphatic heterocycles. The zero-order chi connectivity index (χ0) is 26.7. The fourth-order valence-corrected chi connectivity index (χ4v) is 5.09. The molecule has 1 aliphatic rings. The number of anilines is 1. The molecule has 0 spiro atoms. The lowest BCUT2D eigenvalue weighted by Gasteiger charge is -2.23. The van der Waals surface area contributed by atoms with Gasteiger partial charge in [0.1, 0.15) is 0 Å². The first-order valence-electron chi connectivity index (χ1n) is 13.0. The van der Waals surface area contributed by atoms with Crippen LogP contribution in [0.2, 0.25) is 0 Å². The van der Waals surface area contributed by atoms with Crippen molar-refractivity contribution in [3.05, 3.63) is 102 Å². The molecule has 2 heterocycles. The smallest absolute Gasteiger partial charge is 0.254 e. The van der Waals surface area contributed by atoms with Gasteiger partial charge in [-0.3, -0.25) is 4.79 Å². The van der Waals surface area contributed by atoms with Crippen LogP contribution >= 0.6 is 0 Å². The number of aromatic nitrogens is 2. The molecule has 1 saturated heterocycles. The SMILES string of the molecule is C/C=C\[C@H]1CCCN1C(=O)c1cc(-c2nnc([C@](C)(N)Cc3ccccc3)o2)cc(-c2ccccc2N)c1. The van der Waals surface area contributed by atoms with Crippen LogP contribution in [0.3, 0.4) is 0 Å². The van der Waals surface area contributed by atoms with Gasteiger partial charge in [-0.2, -0.15) is 0 Å². The third kappa shape index (κ3) is 5.24. The number of hydrogen-bond acceptors (Lipinski definition) is 6. The summed E-state index contributed by atoms with van der Waals surface area (Å²) >= 11 is 0. The Bertz CT molecular complexity index is 1460. The Hall–Kier alpha value is -4.23. The van der Waals surface area contributed by atoms with Crippen molar-refractivity contribution in [3.8, 4) is 22.6 Å². The molecular weight excluding hydrogens is 474 g/mol. The molecule has 0 radical (unpaired) electrons. The largest absolute Gasteiger partial charge is 0.419 e. The zero-order valence-corrected chi connectivity index (χ0v) is 21.8. The lowest BCUT2D eigenvalue weighted by molar-refractivity contribution is 0.0761. The molecule has 1 fully saturated rings. The second-order valence-electron chi connectivity index (χ2n) is 10.1. The summed E-state index contributed by atoms with van der Waals surface area (Å²) in [5.41, 5.74) is 16.6. The molecule has 0 bridgehead atoms. The van der Waals surface area contributed by atoms with Crippen LogP contribution in [0.4, 0.5) is 5.69 Å². The summed E-state index contributed by atoms with van der Waals surface area (Å²) < 4.78 is 6.13. The van der Waals surface area contributed by atoms with E-state index in [-0.39, 0.29) is 11.9 Å². The average Bonchev–Trinajstić information content (AvgIpc) is 3.60. The number of allylic oxidation sites excluding steroid dienone is 1. The van der Waals surface area contributed by atoms with Crippen molar-refractivity contribution < 1.29 is 9.21 Å². The highest BCUT2D eigenvalue weighted by Gasteiger charge is 2.30. The normalized spacial score (nSPS) is 17.1. The van der Waals surface area contributed by atoms with Gasteiger partial charge in [0, 0.05) is 28.9 Å². The Balaban J connectivity index is 1.54. The van der Waals surface area contributed by atoms with Crippen LogP contribution in [-0.4, -0.2) is 33.6 Å². The average molecular weight is 508 g/mol. The summed E-state index contributed by atoms with van der Waals surface area (Å²) in [5, 5.41) is 8.63. The number of nitrogens with two attached hydrogens (primary N) is 2. The van der Waals surface area contributed by atoms with Gasteiger partial charge in [0.15, 0.2) is 0 Å². The van der Waals surface area contributed by atoms with Gasteiger partial charge in [0.05, 0.1) is 11.6 Å². The van der Waals surface area contributed by atoms with Crippen molar-refractivity contribution >= 4 is 11.6 Å². The molecule has 4 N–H and O–H groups in total. The molecule has 3 aromatic carbocycles. The van der Waals surface area contributed by atoms with Gasteiger partial charge < -0.3 is 20.8 Å². The van der Waals surface area contributed by atoms with E-state index in [0.29, 0.717) is 35.0 Å². The molecule has 2 atom stereocenters. The monoisotopic (exact) mass is 507 g/mol. The van der Waals surface area contributed by atoms with Crippen molar-refractivity contribution in [2.24, 2.45) is 5.73 Å². The van der Waals surface area contributed by atoms with Gasteiger partial charge in [0.25, 0.3) is 5.91 Å². The Morgan fingerprint density at radius 2 is 1.82 bits per heavy atom. The number of para-hydroxylation sites is 1. The maximum absolute atomic E-state index is 13.7. The fourth-order valence-electron chi connectivity index (χ4n) is 5.09.